The van der Waals surface area contributed by atoms with Crippen molar-refractivity contribution in [1.82, 2.24) is 0 Å². The van der Waals surface area contributed by atoms with E-state index >= 15 is 0 Å². The molecule has 2 aromatic rings. The minimum atomic E-state index is -0.600. The average molecular weight is 356 g/mol. The van der Waals surface area contributed by atoms with Crippen LogP contribution in [0.15, 0.2) is 42.5 Å². The molecule has 0 aliphatic carbocycles. The second-order valence-electron chi connectivity index (χ2n) is 4.61. The van der Waals surface area contributed by atoms with Crippen LogP contribution in [0.25, 0.3) is 0 Å². The van der Waals surface area contributed by atoms with Crippen molar-refractivity contribution in [3.63, 3.8) is 0 Å². The van der Waals surface area contributed by atoms with E-state index in [1.807, 2.05) is 0 Å². The standard InChI is InChI=1S/C16H12Cl2FNO3/c17-12-2-1-3-13(18)16(12)20-14(21)9-23-15(22)8-10-4-6-11(19)7-5-10/h1-7H,8-9H2,(H,20,21). The molecule has 1 amide bonds. The van der Waals surface area contributed by atoms with Gasteiger partial charge in [-0.2, -0.15) is 0 Å². The molecule has 4 nitrogen and oxygen atoms in total. The number of hydrogen-bond acceptors (Lipinski definition) is 3. The summed E-state index contributed by atoms with van der Waals surface area (Å²) in [6, 6.07) is 10.2. The number of halogens is 3. The Labute approximate surface area is 142 Å². The zero-order valence-corrected chi connectivity index (χ0v) is 13.3. The van der Waals surface area contributed by atoms with Crippen LogP contribution in [0, 0.1) is 5.82 Å². The number of benzene rings is 2. The van der Waals surface area contributed by atoms with Gasteiger partial charge in [0.2, 0.25) is 0 Å². The van der Waals surface area contributed by atoms with Gasteiger partial charge >= 0.3 is 5.97 Å². The molecule has 0 fully saturated rings. The summed E-state index contributed by atoms with van der Waals surface area (Å²) in [7, 11) is 0. The first-order valence-corrected chi connectivity index (χ1v) is 7.35. The van der Waals surface area contributed by atoms with Gasteiger partial charge in [-0.05, 0) is 29.8 Å². The molecule has 0 aliphatic heterocycles. The summed E-state index contributed by atoms with van der Waals surface area (Å²) in [5.41, 5.74) is 0.848. The fourth-order valence-electron chi connectivity index (χ4n) is 1.76. The molecule has 0 saturated carbocycles. The van der Waals surface area contributed by atoms with Gasteiger partial charge in [0, 0.05) is 0 Å². The van der Waals surface area contributed by atoms with E-state index in [1.165, 1.54) is 24.3 Å². The lowest BCUT2D eigenvalue weighted by Crippen LogP contribution is -2.22. The predicted octanol–water partition coefficient (Wildman–Crippen LogP) is 3.86. The minimum Gasteiger partial charge on any atom is -0.455 e. The first-order chi connectivity index (χ1) is 11.0. The van der Waals surface area contributed by atoms with Gasteiger partial charge in [0.25, 0.3) is 5.91 Å². The largest absolute Gasteiger partial charge is 0.455 e. The highest BCUT2D eigenvalue weighted by atomic mass is 35.5. The van der Waals surface area contributed by atoms with Crippen LogP contribution in [0.2, 0.25) is 10.0 Å². The van der Waals surface area contributed by atoms with Gasteiger partial charge in [0.15, 0.2) is 6.61 Å². The van der Waals surface area contributed by atoms with Gasteiger partial charge in [-0.1, -0.05) is 41.4 Å². The number of esters is 1. The van der Waals surface area contributed by atoms with Gasteiger partial charge in [-0.25, -0.2) is 4.39 Å². The van der Waals surface area contributed by atoms with E-state index in [4.69, 9.17) is 27.9 Å². The lowest BCUT2D eigenvalue weighted by Gasteiger charge is -2.09. The van der Waals surface area contributed by atoms with E-state index in [-0.39, 0.29) is 22.2 Å². The fraction of sp³-hybridized carbons (Fsp3) is 0.125. The maximum atomic E-state index is 12.8. The smallest absolute Gasteiger partial charge is 0.310 e. The summed E-state index contributed by atoms with van der Waals surface area (Å²) < 4.78 is 17.6. The molecule has 23 heavy (non-hydrogen) atoms. The van der Waals surface area contributed by atoms with Crippen LogP contribution in [0.3, 0.4) is 0 Å². The topological polar surface area (TPSA) is 55.4 Å². The first-order valence-electron chi connectivity index (χ1n) is 6.59. The summed E-state index contributed by atoms with van der Waals surface area (Å²) in [4.78, 5) is 23.4. The summed E-state index contributed by atoms with van der Waals surface area (Å²) >= 11 is 11.8. The van der Waals surface area contributed by atoms with Crippen molar-refractivity contribution in [3.8, 4) is 0 Å². The summed E-state index contributed by atoms with van der Waals surface area (Å²) in [6.07, 6.45) is -0.0551. The quantitative estimate of drug-likeness (QED) is 0.828. The Balaban J connectivity index is 1.84. The third-order valence-corrected chi connectivity index (χ3v) is 3.48. The molecule has 1 N–H and O–H groups in total. The summed E-state index contributed by atoms with van der Waals surface area (Å²) in [5.74, 6) is -1.55. The molecule has 0 atom stereocenters. The maximum absolute atomic E-state index is 12.8. The van der Waals surface area contributed by atoms with Crippen molar-refractivity contribution in [3.05, 3.63) is 63.9 Å². The average Bonchev–Trinajstić information content (AvgIpc) is 2.51. The number of ether oxygens (including phenoxy) is 1. The maximum Gasteiger partial charge on any atom is 0.310 e. The molecular weight excluding hydrogens is 344 g/mol. The highest BCUT2D eigenvalue weighted by molar-refractivity contribution is 6.39. The Hall–Kier alpha value is -2.11. The summed E-state index contributed by atoms with van der Waals surface area (Å²) in [6.45, 7) is -0.471. The molecule has 0 unspecified atom stereocenters. The van der Waals surface area contributed by atoms with Crippen LogP contribution in [0.4, 0.5) is 10.1 Å². The van der Waals surface area contributed by atoms with E-state index in [1.54, 1.807) is 18.2 Å². The second kappa shape index (κ2) is 7.94. The lowest BCUT2D eigenvalue weighted by molar-refractivity contribution is -0.146. The van der Waals surface area contributed by atoms with Crippen molar-refractivity contribution < 1.29 is 18.7 Å². The highest BCUT2D eigenvalue weighted by Gasteiger charge is 2.12. The van der Waals surface area contributed by atoms with Crippen molar-refractivity contribution in [1.29, 1.82) is 0 Å². The number of para-hydroxylation sites is 1. The van der Waals surface area contributed by atoms with Gasteiger partial charge in [0.05, 0.1) is 22.2 Å². The zero-order chi connectivity index (χ0) is 16.8. The molecule has 0 aliphatic rings. The van der Waals surface area contributed by atoms with E-state index in [0.29, 0.717) is 5.56 Å². The highest BCUT2D eigenvalue weighted by Crippen LogP contribution is 2.29. The second-order valence-corrected chi connectivity index (χ2v) is 5.42. The van der Waals surface area contributed by atoms with Crippen molar-refractivity contribution in [2.75, 3.05) is 11.9 Å². The van der Waals surface area contributed by atoms with E-state index in [9.17, 15) is 14.0 Å². The monoisotopic (exact) mass is 355 g/mol. The molecule has 0 heterocycles. The molecule has 0 aromatic heterocycles. The van der Waals surface area contributed by atoms with E-state index in [0.717, 1.165) is 0 Å². The third-order valence-electron chi connectivity index (χ3n) is 2.85. The van der Waals surface area contributed by atoms with E-state index < -0.39 is 24.3 Å². The van der Waals surface area contributed by atoms with Crippen LogP contribution >= 0.6 is 23.2 Å². The van der Waals surface area contributed by atoms with Gasteiger partial charge in [-0.3, -0.25) is 9.59 Å². The molecule has 2 rings (SSSR count). The first kappa shape index (κ1) is 17.2. The van der Waals surface area contributed by atoms with Crippen molar-refractivity contribution in [2.45, 2.75) is 6.42 Å². The Morgan fingerprint density at radius 1 is 1.04 bits per heavy atom. The Kier molecular flexibility index (Phi) is 5.96. The molecule has 2 aromatic carbocycles. The number of carbonyl (C=O) groups is 2. The number of amides is 1. The number of rotatable bonds is 5. The molecule has 0 bridgehead atoms. The lowest BCUT2D eigenvalue weighted by atomic mass is 10.1. The van der Waals surface area contributed by atoms with E-state index in [2.05, 4.69) is 5.32 Å². The number of anilines is 1. The molecular formula is C16H12Cl2FNO3. The number of nitrogens with one attached hydrogen (secondary N) is 1. The Bertz CT molecular complexity index is 700. The van der Waals surface area contributed by atoms with Crippen LogP contribution in [0.5, 0.6) is 0 Å². The SMILES string of the molecule is O=C(COC(=O)Cc1ccc(F)cc1)Nc1c(Cl)cccc1Cl. The minimum absolute atomic E-state index is 0.0551. The normalized spacial score (nSPS) is 10.2. The van der Waals surface area contributed by atoms with Crippen molar-refractivity contribution >= 4 is 40.8 Å². The Morgan fingerprint density at radius 3 is 2.26 bits per heavy atom. The Morgan fingerprint density at radius 2 is 1.65 bits per heavy atom. The van der Waals surface area contributed by atoms with Crippen LogP contribution in [0.1, 0.15) is 5.56 Å². The molecule has 0 saturated heterocycles. The predicted molar refractivity (Wildman–Crippen MR) is 86.2 cm³/mol. The van der Waals surface area contributed by atoms with Crippen LogP contribution in [-0.2, 0) is 20.7 Å². The van der Waals surface area contributed by atoms with Crippen LogP contribution in [-0.4, -0.2) is 18.5 Å². The molecule has 0 radical (unpaired) electrons. The number of carbonyl (C=O) groups excluding carboxylic acids is 2. The fourth-order valence-corrected chi connectivity index (χ4v) is 2.25. The molecule has 0 spiro atoms. The molecule has 120 valence electrons. The number of hydrogen-bond donors (Lipinski definition) is 1. The van der Waals surface area contributed by atoms with Gasteiger partial charge in [-0.15, -0.1) is 0 Å². The van der Waals surface area contributed by atoms with Gasteiger partial charge < -0.3 is 10.1 Å². The van der Waals surface area contributed by atoms with Crippen molar-refractivity contribution in [2.24, 2.45) is 0 Å². The summed E-state index contributed by atoms with van der Waals surface area (Å²) in [5, 5.41) is 3.04. The zero-order valence-electron chi connectivity index (χ0n) is 11.8. The molecule has 7 heteroatoms. The van der Waals surface area contributed by atoms with Crippen LogP contribution < -0.4 is 5.32 Å². The third kappa shape index (κ3) is 5.23. The van der Waals surface area contributed by atoms with Gasteiger partial charge in [0.1, 0.15) is 5.82 Å².